The molecule has 7 heteroatoms. The van der Waals surface area contributed by atoms with Crippen LogP contribution >= 0.6 is 23.1 Å². The molecule has 20 heavy (non-hydrogen) atoms. The monoisotopic (exact) mass is 310 g/mol. The largest absolute Gasteiger partial charge is 0.390 e. The van der Waals surface area contributed by atoms with Gasteiger partial charge in [-0.25, -0.2) is 8.75 Å². The lowest BCUT2D eigenvalue weighted by atomic mass is 10.3. The second-order valence-electron chi connectivity index (χ2n) is 5.08. The lowest BCUT2D eigenvalue weighted by Gasteiger charge is -2.20. The summed E-state index contributed by atoms with van der Waals surface area (Å²) >= 11 is 3.07. The van der Waals surface area contributed by atoms with Gasteiger partial charge >= 0.3 is 0 Å². The van der Waals surface area contributed by atoms with E-state index in [1.54, 1.807) is 0 Å². The molecule has 108 valence electrons. The summed E-state index contributed by atoms with van der Waals surface area (Å²) in [7, 11) is 0. The number of nitrogens with zero attached hydrogens (tertiary/aromatic N) is 4. The molecule has 5 nitrogen and oxygen atoms in total. The first-order chi connectivity index (χ1) is 9.79. The van der Waals surface area contributed by atoms with Crippen LogP contribution in [-0.2, 0) is 13.1 Å². The minimum Gasteiger partial charge on any atom is -0.390 e. The van der Waals surface area contributed by atoms with Crippen molar-refractivity contribution in [1.82, 2.24) is 18.5 Å². The first-order valence-electron chi connectivity index (χ1n) is 6.71. The van der Waals surface area contributed by atoms with Crippen LogP contribution in [-0.4, -0.2) is 55.9 Å². The Labute approximate surface area is 126 Å². The average molecular weight is 310 g/mol. The van der Waals surface area contributed by atoms with Crippen LogP contribution in [0.3, 0.4) is 0 Å². The smallest absolute Gasteiger partial charge is 0.0794 e. The van der Waals surface area contributed by atoms with Gasteiger partial charge in [0, 0.05) is 61.4 Å². The van der Waals surface area contributed by atoms with Crippen LogP contribution in [0.4, 0.5) is 0 Å². The van der Waals surface area contributed by atoms with Crippen LogP contribution < -0.4 is 0 Å². The zero-order valence-corrected chi connectivity index (χ0v) is 12.8. The Balaban J connectivity index is 1.57. The highest BCUT2D eigenvalue weighted by molar-refractivity contribution is 7.05. The zero-order valence-electron chi connectivity index (χ0n) is 11.2. The van der Waals surface area contributed by atoms with E-state index in [4.69, 9.17) is 0 Å². The quantitative estimate of drug-likeness (QED) is 0.922. The third-order valence-electron chi connectivity index (χ3n) is 3.41. The van der Waals surface area contributed by atoms with Gasteiger partial charge in [-0.2, -0.15) is 0 Å². The van der Waals surface area contributed by atoms with Crippen LogP contribution in [0.2, 0.25) is 0 Å². The highest BCUT2D eigenvalue weighted by Gasteiger charge is 2.21. The number of hydrogen-bond acceptors (Lipinski definition) is 7. The van der Waals surface area contributed by atoms with Gasteiger partial charge in [-0.3, -0.25) is 9.80 Å². The van der Waals surface area contributed by atoms with Crippen molar-refractivity contribution < 1.29 is 5.11 Å². The molecule has 3 rings (SSSR count). The predicted molar refractivity (Wildman–Crippen MR) is 80.8 cm³/mol. The van der Waals surface area contributed by atoms with Crippen molar-refractivity contribution in [2.45, 2.75) is 19.2 Å². The Morgan fingerprint density at radius 3 is 1.90 bits per heavy atom. The van der Waals surface area contributed by atoms with Gasteiger partial charge in [0.15, 0.2) is 0 Å². The van der Waals surface area contributed by atoms with Gasteiger partial charge in [-0.1, -0.05) is 0 Å². The van der Waals surface area contributed by atoms with Gasteiger partial charge < -0.3 is 5.11 Å². The maximum Gasteiger partial charge on any atom is 0.0794 e. The maximum absolute atomic E-state index is 10.2. The van der Waals surface area contributed by atoms with Crippen LogP contribution in [0, 0.1) is 0 Å². The van der Waals surface area contributed by atoms with E-state index in [1.165, 1.54) is 32.8 Å². The standard InChI is InChI=1S/C13H18N4OS2/c18-11-7-16(9-12-1-3-14-19-12)5-6-17(8-11)10-13-2-4-15-20-13/h1-4,11,18H,5-10H2. The number of β-amino-alcohol motifs (C(OH)–C–C–N with tert-alkyl or cyclic N) is 1. The fourth-order valence-electron chi connectivity index (χ4n) is 2.49. The molecule has 0 amide bonds. The molecule has 0 spiro atoms. The summed E-state index contributed by atoms with van der Waals surface area (Å²) in [6, 6.07) is 4.11. The molecule has 2 aromatic rings. The highest BCUT2D eigenvalue weighted by atomic mass is 32.1. The van der Waals surface area contributed by atoms with Gasteiger partial charge in [0.2, 0.25) is 0 Å². The number of aromatic nitrogens is 2. The normalized spacial score (nSPS) is 19.2. The SMILES string of the molecule is OC1CN(Cc2ccns2)CCN(Cc2ccns2)C1. The summed E-state index contributed by atoms with van der Waals surface area (Å²) < 4.78 is 8.26. The lowest BCUT2D eigenvalue weighted by Crippen LogP contribution is -2.32. The first-order valence-corrected chi connectivity index (χ1v) is 8.26. The van der Waals surface area contributed by atoms with Crippen LogP contribution in [0.25, 0.3) is 0 Å². The Hall–Kier alpha value is -0.860. The summed E-state index contributed by atoms with van der Waals surface area (Å²) in [5, 5.41) is 10.2. The molecule has 1 saturated heterocycles. The van der Waals surface area contributed by atoms with Crippen LogP contribution in [0.5, 0.6) is 0 Å². The lowest BCUT2D eigenvalue weighted by molar-refractivity contribution is 0.106. The second kappa shape index (κ2) is 6.73. The Kier molecular flexibility index (Phi) is 4.74. The average Bonchev–Trinajstić information content (AvgIpc) is 3.05. The molecule has 0 radical (unpaired) electrons. The van der Waals surface area contributed by atoms with E-state index in [-0.39, 0.29) is 6.10 Å². The van der Waals surface area contributed by atoms with Crippen LogP contribution in [0.1, 0.15) is 9.75 Å². The van der Waals surface area contributed by atoms with Gasteiger partial charge in [-0.15, -0.1) is 0 Å². The van der Waals surface area contributed by atoms with E-state index in [0.717, 1.165) is 39.3 Å². The molecule has 1 fully saturated rings. The summed E-state index contributed by atoms with van der Waals surface area (Å²) in [5.41, 5.74) is 0. The first kappa shape index (κ1) is 14.1. The molecule has 1 N–H and O–H groups in total. The van der Waals surface area contributed by atoms with Crippen molar-refractivity contribution in [2.24, 2.45) is 0 Å². The number of hydrogen-bond donors (Lipinski definition) is 1. The van der Waals surface area contributed by atoms with E-state index in [2.05, 4.69) is 30.7 Å². The third kappa shape index (κ3) is 3.83. The van der Waals surface area contributed by atoms with Gasteiger partial charge in [-0.05, 0) is 35.2 Å². The second-order valence-corrected chi connectivity index (χ2v) is 6.92. The van der Waals surface area contributed by atoms with Crippen LogP contribution in [0.15, 0.2) is 24.5 Å². The molecule has 0 aliphatic carbocycles. The highest BCUT2D eigenvalue weighted by Crippen LogP contribution is 2.14. The van der Waals surface area contributed by atoms with Crippen molar-refractivity contribution in [2.75, 3.05) is 26.2 Å². The van der Waals surface area contributed by atoms with E-state index >= 15 is 0 Å². The molecular formula is C13H18N4OS2. The minimum atomic E-state index is -0.293. The maximum atomic E-state index is 10.2. The van der Waals surface area contributed by atoms with Crippen molar-refractivity contribution in [3.63, 3.8) is 0 Å². The fourth-order valence-corrected chi connectivity index (χ4v) is 3.73. The van der Waals surface area contributed by atoms with Crippen molar-refractivity contribution in [3.8, 4) is 0 Å². The van der Waals surface area contributed by atoms with Gasteiger partial charge in [0.25, 0.3) is 0 Å². The summed E-state index contributed by atoms with van der Waals surface area (Å²) in [6.45, 7) is 5.20. The fraction of sp³-hybridized carbons (Fsp3) is 0.538. The Morgan fingerprint density at radius 2 is 1.50 bits per heavy atom. The molecule has 1 aliphatic rings. The molecule has 0 saturated carbocycles. The van der Waals surface area contributed by atoms with Gasteiger partial charge in [0.1, 0.15) is 0 Å². The van der Waals surface area contributed by atoms with E-state index < -0.39 is 0 Å². The van der Waals surface area contributed by atoms with Crippen molar-refractivity contribution >= 4 is 23.1 Å². The summed E-state index contributed by atoms with van der Waals surface area (Å²) in [5.74, 6) is 0. The Bertz CT molecular complexity index is 456. The topological polar surface area (TPSA) is 52.5 Å². The number of aliphatic hydroxyl groups excluding tert-OH is 1. The molecule has 2 aromatic heterocycles. The molecule has 0 aromatic carbocycles. The molecule has 3 heterocycles. The molecule has 0 bridgehead atoms. The van der Waals surface area contributed by atoms with Crippen molar-refractivity contribution in [3.05, 3.63) is 34.3 Å². The summed E-state index contributed by atoms with van der Waals surface area (Å²) in [4.78, 5) is 7.14. The minimum absolute atomic E-state index is 0.293. The van der Waals surface area contributed by atoms with E-state index in [0.29, 0.717) is 0 Å². The molecule has 0 atom stereocenters. The third-order valence-corrected chi connectivity index (χ3v) is 4.87. The van der Waals surface area contributed by atoms with Crippen molar-refractivity contribution in [1.29, 1.82) is 0 Å². The Morgan fingerprint density at radius 1 is 1.00 bits per heavy atom. The zero-order chi connectivity index (χ0) is 13.8. The number of rotatable bonds is 4. The van der Waals surface area contributed by atoms with E-state index in [1.807, 2.05) is 12.4 Å². The molecule has 1 aliphatic heterocycles. The molecular weight excluding hydrogens is 292 g/mol. The summed E-state index contributed by atoms with van der Waals surface area (Å²) in [6.07, 6.45) is 3.38. The predicted octanol–water partition coefficient (Wildman–Crippen LogP) is 1.28. The van der Waals surface area contributed by atoms with E-state index in [9.17, 15) is 5.11 Å². The van der Waals surface area contributed by atoms with Gasteiger partial charge in [0.05, 0.1) is 6.10 Å². The molecule has 0 unspecified atom stereocenters. The number of aliphatic hydroxyl groups is 1.